The lowest BCUT2D eigenvalue weighted by Crippen LogP contribution is -1.87. The summed E-state index contributed by atoms with van der Waals surface area (Å²) in [6.07, 6.45) is 0. The largest absolute Gasteiger partial charge is 0.456 e. The molecule has 0 amide bonds. The lowest BCUT2D eigenvalue weighted by molar-refractivity contribution is 0.663. The van der Waals surface area contributed by atoms with Crippen LogP contribution >= 0.6 is 15.9 Å². The first kappa shape index (κ1) is 19.2. The van der Waals surface area contributed by atoms with Crippen LogP contribution in [-0.2, 0) is 0 Å². The molecular weight excluding hydrogens is 496 g/mol. The highest BCUT2D eigenvalue weighted by Crippen LogP contribution is 2.44. The van der Waals surface area contributed by atoms with Gasteiger partial charge in [0.25, 0.3) is 0 Å². The molecule has 2 heterocycles. The van der Waals surface area contributed by atoms with Gasteiger partial charge < -0.3 is 8.83 Å². The van der Waals surface area contributed by atoms with Crippen molar-refractivity contribution in [2.24, 2.45) is 0 Å². The van der Waals surface area contributed by atoms with Crippen molar-refractivity contribution in [3.8, 4) is 11.1 Å². The van der Waals surface area contributed by atoms with Gasteiger partial charge in [-0.1, -0.05) is 72.8 Å². The lowest BCUT2D eigenvalue weighted by atomic mass is 9.91. The first-order chi connectivity index (χ1) is 17.3. The van der Waals surface area contributed by atoms with E-state index >= 15 is 0 Å². The summed E-state index contributed by atoms with van der Waals surface area (Å²) in [6, 6.07) is 36.0. The Morgan fingerprint density at radius 3 is 1.83 bits per heavy atom. The Bertz CT molecular complexity index is 2070. The van der Waals surface area contributed by atoms with Crippen molar-refractivity contribution in [2.75, 3.05) is 0 Å². The highest BCUT2D eigenvalue weighted by molar-refractivity contribution is 9.10. The minimum Gasteiger partial charge on any atom is -0.456 e. The molecule has 0 aliphatic carbocycles. The molecule has 35 heavy (non-hydrogen) atoms. The molecule has 3 heteroatoms. The van der Waals surface area contributed by atoms with E-state index in [9.17, 15) is 0 Å². The van der Waals surface area contributed by atoms with Crippen LogP contribution in [0.4, 0.5) is 0 Å². The summed E-state index contributed by atoms with van der Waals surface area (Å²) in [5.41, 5.74) is 5.86. The molecule has 8 rings (SSSR count). The van der Waals surface area contributed by atoms with Gasteiger partial charge in [0.2, 0.25) is 0 Å². The Labute approximate surface area is 208 Å². The smallest absolute Gasteiger partial charge is 0.147 e. The summed E-state index contributed by atoms with van der Waals surface area (Å²) in [5, 5.41) is 9.19. The van der Waals surface area contributed by atoms with Gasteiger partial charge in [-0.15, -0.1) is 0 Å². The van der Waals surface area contributed by atoms with Gasteiger partial charge in [0.05, 0.1) is 5.39 Å². The van der Waals surface area contributed by atoms with Gasteiger partial charge in [-0.25, -0.2) is 0 Å². The first-order valence-corrected chi connectivity index (χ1v) is 12.4. The minimum atomic E-state index is 0.850. The molecule has 0 spiro atoms. The maximum atomic E-state index is 6.57. The van der Waals surface area contributed by atoms with Gasteiger partial charge >= 0.3 is 0 Å². The Balaban J connectivity index is 1.48. The Morgan fingerprint density at radius 2 is 1.09 bits per heavy atom. The standard InChI is InChI=1S/C32H17BrO2/c33-31-22-9-3-1-7-20(22)29(21-8-2-4-10-23(21)31)18-13-14-19-24-15-16-27-30(32(24)35-28(19)17-18)25-11-5-6-12-26(25)34-27/h1-17H. The second kappa shape index (κ2) is 6.97. The maximum Gasteiger partial charge on any atom is 0.147 e. The molecule has 0 N–H and O–H groups in total. The number of hydrogen-bond donors (Lipinski definition) is 0. The fraction of sp³-hybridized carbons (Fsp3) is 0. The quantitative estimate of drug-likeness (QED) is 0.204. The van der Waals surface area contributed by atoms with Crippen LogP contribution in [0, 0.1) is 0 Å². The van der Waals surface area contributed by atoms with Crippen molar-refractivity contribution in [1.82, 2.24) is 0 Å². The number of furan rings is 2. The molecule has 164 valence electrons. The first-order valence-electron chi connectivity index (χ1n) is 11.6. The molecule has 0 aliphatic heterocycles. The van der Waals surface area contributed by atoms with Crippen molar-refractivity contribution >= 4 is 81.4 Å². The van der Waals surface area contributed by atoms with E-state index in [0.29, 0.717) is 0 Å². The molecule has 0 atom stereocenters. The van der Waals surface area contributed by atoms with E-state index in [-0.39, 0.29) is 0 Å². The SMILES string of the molecule is Brc1c2ccccc2c(-c2ccc3c(c2)oc2c3ccc3oc4ccccc4c32)c2ccccc12. The van der Waals surface area contributed by atoms with E-state index in [2.05, 4.69) is 101 Å². The Kier molecular flexibility index (Phi) is 3.83. The zero-order chi connectivity index (χ0) is 23.1. The van der Waals surface area contributed by atoms with Crippen LogP contribution in [-0.4, -0.2) is 0 Å². The molecule has 8 aromatic rings. The van der Waals surface area contributed by atoms with E-state index in [1.807, 2.05) is 18.2 Å². The summed E-state index contributed by atoms with van der Waals surface area (Å²) in [6.45, 7) is 0. The van der Waals surface area contributed by atoms with Crippen molar-refractivity contribution in [2.45, 2.75) is 0 Å². The van der Waals surface area contributed by atoms with E-state index in [0.717, 1.165) is 53.9 Å². The molecule has 0 saturated carbocycles. The molecule has 2 nitrogen and oxygen atoms in total. The zero-order valence-electron chi connectivity index (χ0n) is 18.5. The van der Waals surface area contributed by atoms with Crippen LogP contribution < -0.4 is 0 Å². The van der Waals surface area contributed by atoms with Crippen molar-refractivity contribution < 1.29 is 8.83 Å². The number of benzene rings is 6. The second-order valence-electron chi connectivity index (χ2n) is 9.01. The van der Waals surface area contributed by atoms with Gasteiger partial charge in [-0.05, 0) is 78.9 Å². The van der Waals surface area contributed by atoms with Gasteiger partial charge in [0.15, 0.2) is 0 Å². The highest BCUT2D eigenvalue weighted by atomic mass is 79.9. The third-order valence-electron chi connectivity index (χ3n) is 7.13. The number of halogens is 1. The van der Waals surface area contributed by atoms with Crippen LogP contribution in [0.15, 0.2) is 116 Å². The Hall–Kier alpha value is -4.08. The number of fused-ring (bicyclic) bond motifs is 9. The number of rotatable bonds is 1. The molecule has 0 fully saturated rings. The average molecular weight is 513 g/mol. The van der Waals surface area contributed by atoms with Crippen LogP contribution in [0.3, 0.4) is 0 Å². The van der Waals surface area contributed by atoms with Crippen LogP contribution in [0.25, 0.3) is 76.5 Å². The van der Waals surface area contributed by atoms with E-state index in [1.54, 1.807) is 0 Å². The Morgan fingerprint density at radius 1 is 0.457 bits per heavy atom. The van der Waals surface area contributed by atoms with Gasteiger partial charge in [-0.3, -0.25) is 0 Å². The monoisotopic (exact) mass is 512 g/mol. The summed E-state index contributed by atoms with van der Waals surface area (Å²) < 4.78 is 13.8. The van der Waals surface area contributed by atoms with Gasteiger partial charge in [0.1, 0.15) is 22.3 Å². The highest BCUT2D eigenvalue weighted by Gasteiger charge is 2.18. The molecule has 0 unspecified atom stereocenters. The van der Waals surface area contributed by atoms with Crippen LogP contribution in [0.5, 0.6) is 0 Å². The molecule has 2 aromatic heterocycles. The molecular formula is C32H17BrO2. The van der Waals surface area contributed by atoms with Crippen LogP contribution in [0.1, 0.15) is 0 Å². The lowest BCUT2D eigenvalue weighted by Gasteiger charge is -2.14. The van der Waals surface area contributed by atoms with E-state index in [1.165, 1.54) is 27.1 Å². The molecule has 0 bridgehead atoms. The summed E-state index contributed by atoms with van der Waals surface area (Å²) in [4.78, 5) is 0. The second-order valence-corrected chi connectivity index (χ2v) is 9.80. The summed E-state index contributed by atoms with van der Waals surface area (Å²) in [7, 11) is 0. The minimum absolute atomic E-state index is 0.850. The topological polar surface area (TPSA) is 26.3 Å². The van der Waals surface area contributed by atoms with Crippen molar-refractivity contribution in [3.63, 3.8) is 0 Å². The molecule has 0 radical (unpaired) electrons. The normalized spacial score (nSPS) is 12.1. The van der Waals surface area contributed by atoms with Crippen LogP contribution in [0.2, 0.25) is 0 Å². The third kappa shape index (κ3) is 2.59. The summed E-state index contributed by atoms with van der Waals surface area (Å²) >= 11 is 3.86. The molecule has 6 aromatic carbocycles. The number of para-hydroxylation sites is 1. The van der Waals surface area contributed by atoms with E-state index < -0.39 is 0 Å². The fourth-order valence-electron chi connectivity index (χ4n) is 5.58. The average Bonchev–Trinajstić information content (AvgIpc) is 3.46. The fourth-order valence-corrected chi connectivity index (χ4v) is 6.28. The predicted molar refractivity (Wildman–Crippen MR) is 149 cm³/mol. The summed E-state index contributed by atoms with van der Waals surface area (Å²) in [5.74, 6) is 0. The van der Waals surface area contributed by atoms with E-state index in [4.69, 9.17) is 8.83 Å². The zero-order valence-corrected chi connectivity index (χ0v) is 20.1. The third-order valence-corrected chi connectivity index (χ3v) is 7.99. The molecule has 0 saturated heterocycles. The predicted octanol–water partition coefficient (Wildman–Crippen LogP) is 10.2. The molecule has 0 aliphatic rings. The van der Waals surface area contributed by atoms with Gasteiger partial charge in [0, 0.05) is 20.6 Å². The maximum absolute atomic E-state index is 6.57. The van der Waals surface area contributed by atoms with Crippen molar-refractivity contribution in [3.05, 3.63) is 108 Å². The number of hydrogen-bond acceptors (Lipinski definition) is 2. The van der Waals surface area contributed by atoms with Crippen molar-refractivity contribution in [1.29, 1.82) is 0 Å². The van der Waals surface area contributed by atoms with Gasteiger partial charge in [-0.2, -0.15) is 0 Å².